The van der Waals surface area contributed by atoms with Gasteiger partial charge in [-0.15, -0.1) is 6.58 Å². The van der Waals surface area contributed by atoms with E-state index in [4.69, 9.17) is 4.74 Å². The Morgan fingerprint density at radius 2 is 2.14 bits per heavy atom. The third kappa shape index (κ3) is 2.63. The lowest BCUT2D eigenvalue weighted by molar-refractivity contribution is 0.411. The number of allylic oxidation sites excluding steroid dienone is 1. The van der Waals surface area contributed by atoms with E-state index in [9.17, 15) is 0 Å². The molecule has 14 heavy (non-hydrogen) atoms. The van der Waals surface area contributed by atoms with Crippen LogP contribution in [0.5, 0.6) is 5.75 Å². The lowest BCUT2D eigenvalue weighted by atomic mass is 10.0. The standard InChI is InChI=1S/C13H18O/c1-10(2)8-9-12-6-5-7-13(14-4)11(12)3/h5-7H,1,8-9H2,2-4H3. The van der Waals surface area contributed by atoms with Crippen molar-refractivity contribution in [2.75, 3.05) is 7.11 Å². The third-order valence-electron chi connectivity index (χ3n) is 2.44. The van der Waals surface area contributed by atoms with Crippen LogP contribution in [0.3, 0.4) is 0 Å². The Labute approximate surface area is 86.4 Å². The molecular formula is C13H18O. The van der Waals surface area contributed by atoms with Crippen molar-refractivity contribution >= 4 is 0 Å². The van der Waals surface area contributed by atoms with E-state index in [2.05, 4.69) is 26.5 Å². The van der Waals surface area contributed by atoms with Gasteiger partial charge in [0.25, 0.3) is 0 Å². The van der Waals surface area contributed by atoms with Gasteiger partial charge >= 0.3 is 0 Å². The topological polar surface area (TPSA) is 9.23 Å². The van der Waals surface area contributed by atoms with Gasteiger partial charge in [-0.1, -0.05) is 17.7 Å². The first kappa shape index (κ1) is 10.8. The van der Waals surface area contributed by atoms with Gasteiger partial charge in [-0.05, 0) is 43.9 Å². The Bertz CT molecular complexity index is 326. The number of aryl methyl sites for hydroxylation is 1. The zero-order valence-electron chi connectivity index (χ0n) is 9.26. The van der Waals surface area contributed by atoms with Gasteiger partial charge in [0.1, 0.15) is 5.75 Å². The number of hydrogen-bond donors (Lipinski definition) is 0. The van der Waals surface area contributed by atoms with Crippen molar-refractivity contribution in [2.24, 2.45) is 0 Å². The highest BCUT2D eigenvalue weighted by molar-refractivity contribution is 5.39. The van der Waals surface area contributed by atoms with Gasteiger partial charge < -0.3 is 4.74 Å². The normalized spacial score (nSPS) is 9.93. The smallest absolute Gasteiger partial charge is 0.122 e. The Morgan fingerprint density at radius 3 is 2.71 bits per heavy atom. The van der Waals surface area contributed by atoms with Crippen molar-refractivity contribution in [3.8, 4) is 5.75 Å². The maximum atomic E-state index is 5.27. The Morgan fingerprint density at radius 1 is 1.43 bits per heavy atom. The summed E-state index contributed by atoms with van der Waals surface area (Å²) in [6.45, 7) is 8.08. The van der Waals surface area contributed by atoms with Crippen LogP contribution in [0.2, 0.25) is 0 Å². The fourth-order valence-corrected chi connectivity index (χ4v) is 1.50. The molecule has 0 saturated heterocycles. The fraction of sp³-hybridized carbons (Fsp3) is 0.385. The molecule has 0 N–H and O–H groups in total. The largest absolute Gasteiger partial charge is 0.496 e. The predicted octanol–water partition coefficient (Wildman–Crippen LogP) is 3.51. The summed E-state index contributed by atoms with van der Waals surface area (Å²) in [4.78, 5) is 0. The van der Waals surface area contributed by atoms with Gasteiger partial charge in [0, 0.05) is 0 Å². The summed E-state index contributed by atoms with van der Waals surface area (Å²) < 4.78 is 5.27. The number of hydrogen-bond acceptors (Lipinski definition) is 1. The summed E-state index contributed by atoms with van der Waals surface area (Å²) in [7, 11) is 1.71. The first-order valence-electron chi connectivity index (χ1n) is 4.92. The Kier molecular flexibility index (Phi) is 3.75. The van der Waals surface area contributed by atoms with Gasteiger partial charge in [0.15, 0.2) is 0 Å². The number of rotatable bonds is 4. The molecule has 0 heterocycles. The fourth-order valence-electron chi connectivity index (χ4n) is 1.50. The average molecular weight is 190 g/mol. The van der Waals surface area contributed by atoms with Gasteiger partial charge in [-0.25, -0.2) is 0 Å². The molecule has 0 fully saturated rings. The highest BCUT2D eigenvalue weighted by atomic mass is 16.5. The maximum absolute atomic E-state index is 5.27. The Balaban J connectivity index is 2.81. The first-order chi connectivity index (χ1) is 6.65. The molecule has 0 bridgehead atoms. The minimum absolute atomic E-state index is 0.976. The molecule has 0 spiro atoms. The van der Waals surface area contributed by atoms with Crippen LogP contribution in [0.4, 0.5) is 0 Å². The molecule has 0 atom stereocenters. The first-order valence-corrected chi connectivity index (χ1v) is 4.92. The lowest BCUT2D eigenvalue weighted by Gasteiger charge is -2.09. The van der Waals surface area contributed by atoms with Crippen molar-refractivity contribution in [3.05, 3.63) is 41.5 Å². The molecule has 1 heteroatoms. The second-order valence-electron chi connectivity index (χ2n) is 3.70. The predicted molar refractivity (Wildman–Crippen MR) is 60.9 cm³/mol. The number of benzene rings is 1. The second kappa shape index (κ2) is 4.85. The minimum atomic E-state index is 0.976. The van der Waals surface area contributed by atoms with Gasteiger partial charge in [-0.3, -0.25) is 0 Å². The van der Waals surface area contributed by atoms with Crippen molar-refractivity contribution in [2.45, 2.75) is 26.7 Å². The molecule has 0 amide bonds. The van der Waals surface area contributed by atoms with E-state index in [1.807, 2.05) is 12.1 Å². The van der Waals surface area contributed by atoms with E-state index in [1.54, 1.807) is 7.11 Å². The average Bonchev–Trinajstić information content (AvgIpc) is 2.16. The highest BCUT2D eigenvalue weighted by Crippen LogP contribution is 2.22. The van der Waals surface area contributed by atoms with Crippen LogP contribution < -0.4 is 4.74 Å². The van der Waals surface area contributed by atoms with Gasteiger partial charge in [-0.2, -0.15) is 0 Å². The molecule has 1 aromatic rings. The van der Waals surface area contributed by atoms with Crippen molar-refractivity contribution in [1.29, 1.82) is 0 Å². The molecular weight excluding hydrogens is 172 g/mol. The van der Waals surface area contributed by atoms with Crippen LogP contribution in [-0.4, -0.2) is 7.11 Å². The lowest BCUT2D eigenvalue weighted by Crippen LogP contribution is -1.94. The number of ether oxygens (including phenoxy) is 1. The van der Waals surface area contributed by atoms with Crippen LogP contribution in [0.25, 0.3) is 0 Å². The van der Waals surface area contributed by atoms with E-state index in [0.29, 0.717) is 0 Å². The van der Waals surface area contributed by atoms with Crippen molar-refractivity contribution in [3.63, 3.8) is 0 Å². The molecule has 0 aromatic heterocycles. The Hall–Kier alpha value is -1.24. The van der Waals surface area contributed by atoms with Crippen LogP contribution in [0.15, 0.2) is 30.4 Å². The van der Waals surface area contributed by atoms with Crippen LogP contribution in [0, 0.1) is 6.92 Å². The van der Waals surface area contributed by atoms with E-state index in [-0.39, 0.29) is 0 Å². The quantitative estimate of drug-likeness (QED) is 0.660. The molecule has 0 unspecified atom stereocenters. The summed E-state index contributed by atoms with van der Waals surface area (Å²) in [5, 5.41) is 0. The summed E-state index contributed by atoms with van der Waals surface area (Å²) in [6.07, 6.45) is 2.10. The number of methoxy groups -OCH3 is 1. The van der Waals surface area contributed by atoms with Crippen LogP contribution in [0.1, 0.15) is 24.5 Å². The minimum Gasteiger partial charge on any atom is -0.496 e. The summed E-state index contributed by atoms with van der Waals surface area (Å²) >= 11 is 0. The summed E-state index contributed by atoms with van der Waals surface area (Å²) in [5.41, 5.74) is 3.83. The van der Waals surface area contributed by atoms with Gasteiger partial charge in [0.05, 0.1) is 7.11 Å². The van der Waals surface area contributed by atoms with Gasteiger partial charge in [0.2, 0.25) is 0 Å². The highest BCUT2D eigenvalue weighted by Gasteiger charge is 2.03. The maximum Gasteiger partial charge on any atom is 0.122 e. The van der Waals surface area contributed by atoms with E-state index in [1.165, 1.54) is 16.7 Å². The third-order valence-corrected chi connectivity index (χ3v) is 2.44. The zero-order valence-corrected chi connectivity index (χ0v) is 9.26. The van der Waals surface area contributed by atoms with E-state index < -0.39 is 0 Å². The van der Waals surface area contributed by atoms with E-state index in [0.717, 1.165) is 18.6 Å². The molecule has 0 aliphatic rings. The molecule has 1 rings (SSSR count). The summed E-state index contributed by atoms with van der Waals surface area (Å²) in [5.74, 6) is 0.976. The molecule has 0 radical (unpaired) electrons. The van der Waals surface area contributed by atoms with E-state index >= 15 is 0 Å². The van der Waals surface area contributed by atoms with Crippen molar-refractivity contribution < 1.29 is 4.74 Å². The zero-order chi connectivity index (χ0) is 10.6. The summed E-state index contributed by atoms with van der Waals surface area (Å²) in [6, 6.07) is 6.19. The molecule has 76 valence electrons. The monoisotopic (exact) mass is 190 g/mol. The SMILES string of the molecule is C=C(C)CCc1cccc(OC)c1C. The molecule has 0 saturated carbocycles. The molecule has 0 aliphatic heterocycles. The molecule has 1 nitrogen and oxygen atoms in total. The molecule has 1 aromatic carbocycles. The van der Waals surface area contributed by atoms with Crippen LogP contribution in [-0.2, 0) is 6.42 Å². The van der Waals surface area contributed by atoms with Crippen LogP contribution >= 0.6 is 0 Å². The molecule has 0 aliphatic carbocycles. The second-order valence-corrected chi connectivity index (χ2v) is 3.70. The van der Waals surface area contributed by atoms with Crippen molar-refractivity contribution in [1.82, 2.24) is 0 Å².